The number of nitrogens with zero attached hydrogens (tertiary/aromatic N) is 5. The van der Waals surface area contributed by atoms with E-state index in [1.165, 1.54) is 0 Å². The van der Waals surface area contributed by atoms with Crippen molar-refractivity contribution < 1.29 is 9.59 Å². The Morgan fingerprint density at radius 2 is 1.71 bits per heavy atom. The highest BCUT2D eigenvalue weighted by atomic mass is 16.2. The van der Waals surface area contributed by atoms with Crippen LogP contribution in [0.3, 0.4) is 0 Å². The van der Waals surface area contributed by atoms with Crippen LogP contribution in [0.5, 0.6) is 0 Å². The maximum Gasteiger partial charge on any atom is 0.255 e. The highest BCUT2D eigenvalue weighted by molar-refractivity contribution is 6.06. The van der Waals surface area contributed by atoms with Crippen LogP contribution in [0.1, 0.15) is 54.9 Å². The Hall–Kier alpha value is -2.44. The summed E-state index contributed by atoms with van der Waals surface area (Å²) in [4.78, 5) is 34.7. The molecule has 2 aromatic rings. The minimum atomic E-state index is -0.0363. The average molecular weight is 383 g/mol. The summed E-state index contributed by atoms with van der Waals surface area (Å²) >= 11 is 0. The van der Waals surface area contributed by atoms with E-state index in [1.54, 1.807) is 4.68 Å². The van der Waals surface area contributed by atoms with Gasteiger partial charge in [-0.2, -0.15) is 5.10 Å². The van der Waals surface area contributed by atoms with E-state index >= 15 is 0 Å². The van der Waals surface area contributed by atoms with Crippen LogP contribution in [0.25, 0.3) is 11.0 Å². The normalized spacial score (nSPS) is 23.2. The van der Waals surface area contributed by atoms with Crippen molar-refractivity contribution in [1.82, 2.24) is 24.6 Å². The zero-order valence-corrected chi connectivity index (χ0v) is 17.4. The second-order valence-corrected chi connectivity index (χ2v) is 8.36. The lowest BCUT2D eigenvalue weighted by Gasteiger charge is -2.46. The second-order valence-electron chi connectivity index (χ2n) is 8.36. The van der Waals surface area contributed by atoms with Crippen molar-refractivity contribution in [2.24, 2.45) is 13.0 Å². The zero-order valence-electron chi connectivity index (χ0n) is 17.4. The van der Waals surface area contributed by atoms with Gasteiger partial charge in [-0.05, 0) is 46.6 Å². The molecule has 0 radical (unpaired) electrons. The van der Waals surface area contributed by atoms with Crippen LogP contribution in [0.4, 0.5) is 0 Å². The number of hydrogen-bond donors (Lipinski definition) is 0. The highest BCUT2D eigenvalue weighted by Gasteiger charge is 2.39. The molecule has 2 aliphatic rings. The number of aryl methyl sites for hydroxylation is 3. The molecule has 1 aliphatic carbocycles. The number of carbonyl (C=O) groups is 2. The third kappa shape index (κ3) is 2.88. The summed E-state index contributed by atoms with van der Waals surface area (Å²) in [6, 6.07) is 1.84. The van der Waals surface area contributed by atoms with E-state index in [0.717, 1.165) is 41.7 Å². The van der Waals surface area contributed by atoms with Gasteiger partial charge in [-0.25, -0.2) is 4.98 Å². The summed E-state index contributed by atoms with van der Waals surface area (Å²) in [6.45, 7) is 9.08. The Kier molecular flexibility index (Phi) is 4.63. The summed E-state index contributed by atoms with van der Waals surface area (Å²) in [5.41, 5.74) is 3.01. The first-order chi connectivity index (χ1) is 13.3. The van der Waals surface area contributed by atoms with Gasteiger partial charge in [0.15, 0.2) is 5.65 Å². The topological polar surface area (TPSA) is 71.3 Å². The molecule has 2 fully saturated rings. The molecule has 1 saturated heterocycles. The number of piperazine rings is 1. The van der Waals surface area contributed by atoms with E-state index in [9.17, 15) is 9.59 Å². The molecule has 2 aromatic heterocycles. The molecule has 150 valence electrons. The molecular formula is C21H29N5O2. The summed E-state index contributed by atoms with van der Waals surface area (Å²) in [5, 5.41) is 5.28. The smallest absolute Gasteiger partial charge is 0.255 e. The van der Waals surface area contributed by atoms with Crippen LogP contribution in [0.15, 0.2) is 6.07 Å². The maximum absolute atomic E-state index is 13.5. The number of aromatic nitrogens is 3. The molecule has 2 atom stereocenters. The van der Waals surface area contributed by atoms with E-state index in [4.69, 9.17) is 0 Å². The molecule has 1 aliphatic heterocycles. The van der Waals surface area contributed by atoms with Crippen LogP contribution in [0, 0.1) is 19.8 Å². The predicted octanol–water partition coefficient (Wildman–Crippen LogP) is 2.45. The number of amides is 2. The SMILES string of the molecule is Cc1cc(C(=O)N2CCN(C(=O)C3CCC3)[C@H](C)[C@@H]2C)c2c(C)nn(C)c2n1. The monoisotopic (exact) mass is 383 g/mol. The molecular weight excluding hydrogens is 354 g/mol. The Morgan fingerprint density at radius 1 is 1.07 bits per heavy atom. The molecule has 0 N–H and O–H groups in total. The molecule has 7 heteroatoms. The van der Waals surface area contributed by atoms with Gasteiger partial charge in [0, 0.05) is 43.8 Å². The largest absolute Gasteiger partial charge is 0.336 e. The van der Waals surface area contributed by atoms with Crippen molar-refractivity contribution in [3.8, 4) is 0 Å². The van der Waals surface area contributed by atoms with Crippen molar-refractivity contribution in [1.29, 1.82) is 0 Å². The Labute approximate surface area is 165 Å². The van der Waals surface area contributed by atoms with E-state index in [1.807, 2.05) is 43.7 Å². The molecule has 0 spiro atoms. The predicted molar refractivity (Wildman–Crippen MR) is 107 cm³/mol. The van der Waals surface area contributed by atoms with Crippen LogP contribution in [0.2, 0.25) is 0 Å². The van der Waals surface area contributed by atoms with Gasteiger partial charge in [0.1, 0.15) is 0 Å². The van der Waals surface area contributed by atoms with Gasteiger partial charge >= 0.3 is 0 Å². The van der Waals surface area contributed by atoms with Gasteiger partial charge in [0.25, 0.3) is 5.91 Å². The van der Waals surface area contributed by atoms with Crippen LogP contribution in [-0.2, 0) is 11.8 Å². The molecule has 7 nitrogen and oxygen atoms in total. The Bertz CT molecular complexity index is 946. The van der Waals surface area contributed by atoms with E-state index in [0.29, 0.717) is 18.7 Å². The lowest BCUT2D eigenvalue weighted by molar-refractivity contribution is -0.143. The molecule has 0 unspecified atom stereocenters. The molecule has 1 saturated carbocycles. The van der Waals surface area contributed by atoms with Gasteiger partial charge in [-0.15, -0.1) is 0 Å². The van der Waals surface area contributed by atoms with E-state index < -0.39 is 0 Å². The van der Waals surface area contributed by atoms with Gasteiger partial charge in [0.2, 0.25) is 5.91 Å². The van der Waals surface area contributed by atoms with Crippen molar-refractivity contribution in [3.05, 3.63) is 23.0 Å². The lowest BCUT2D eigenvalue weighted by atomic mass is 9.83. The van der Waals surface area contributed by atoms with E-state index in [2.05, 4.69) is 17.0 Å². The fourth-order valence-electron chi connectivity index (χ4n) is 4.52. The van der Waals surface area contributed by atoms with Crippen molar-refractivity contribution in [3.63, 3.8) is 0 Å². The fourth-order valence-corrected chi connectivity index (χ4v) is 4.52. The second kappa shape index (κ2) is 6.87. The molecule has 4 rings (SSSR count). The summed E-state index contributed by atoms with van der Waals surface area (Å²) in [5.74, 6) is 0.460. The molecule has 3 heterocycles. The van der Waals surface area contributed by atoms with Gasteiger partial charge < -0.3 is 9.80 Å². The Balaban J connectivity index is 1.63. The molecule has 28 heavy (non-hydrogen) atoms. The Morgan fingerprint density at radius 3 is 2.36 bits per heavy atom. The minimum absolute atomic E-state index is 0.00157. The highest BCUT2D eigenvalue weighted by Crippen LogP contribution is 2.31. The third-order valence-corrected chi connectivity index (χ3v) is 6.59. The summed E-state index contributed by atoms with van der Waals surface area (Å²) in [6.07, 6.45) is 3.17. The minimum Gasteiger partial charge on any atom is -0.336 e. The first kappa shape index (κ1) is 18.9. The summed E-state index contributed by atoms with van der Waals surface area (Å²) < 4.78 is 1.73. The number of pyridine rings is 1. The number of hydrogen-bond acceptors (Lipinski definition) is 4. The first-order valence-corrected chi connectivity index (χ1v) is 10.2. The van der Waals surface area contributed by atoms with Gasteiger partial charge in [0.05, 0.1) is 16.6 Å². The third-order valence-electron chi connectivity index (χ3n) is 6.59. The van der Waals surface area contributed by atoms with Gasteiger partial charge in [-0.3, -0.25) is 14.3 Å². The molecule has 2 amide bonds. The quantitative estimate of drug-likeness (QED) is 0.799. The number of carbonyl (C=O) groups excluding carboxylic acids is 2. The molecule has 0 aromatic carbocycles. The first-order valence-electron chi connectivity index (χ1n) is 10.2. The van der Waals surface area contributed by atoms with Crippen LogP contribution in [-0.4, -0.2) is 61.6 Å². The standard InChI is InChI=1S/C21H29N5O2/c1-12-11-17(18-13(2)23-24(5)19(18)22-12)21(28)26-10-9-25(14(3)15(26)4)20(27)16-7-6-8-16/h11,14-16H,6-10H2,1-5H3/t14-,15+/m1/s1. The fraction of sp³-hybridized carbons (Fsp3) is 0.619. The van der Waals surface area contributed by atoms with Crippen molar-refractivity contribution >= 4 is 22.8 Å². The average Bonchev–Trinajstić information content (AvgIpc) is 2.88. The maximum atomic E-state index is 13.5. The van der Waals surface area contributed by atoms with Crippen molar-refractivity contribution in [2.45, 2.75) is 59.0 Å². The summed E-state index contributed by atoms with van der Waals surface area (Å²) in [7, 11) is 1.85. The van der Waals surface area contributed by atoms with Crippen molar-refractivity contribution in [2.75, 3.05) is 13.1 Å². The van der Waals surface area contributed by atoms with Gasteiger partial charge in [-0.1, -0.05) is 6.42 Å². The lowest BCUT2D eigenvalue weighted by Crippen LogP contribution is -2.61. The van der Waals surface area contributed by atoms with E-state index in [-0.39, 0.29) is 29.8 Å². The zero-order chi connectivity index (χ0) is 20.2. The number of fused-ring (bicyclic) bond motifs is 1. The van der Waals surface area contributed by atoms with Crippen LogP contribution < -0.4 is 0 Å². The number of rotatable bonds is 2. The molecule has 0 bridgehead atoms. The van der Waals surface area contributed by atoms with Crippen LogP contribution >= 0.6 is 0 Å².